The topological polar surface area (TPSA) is 67.1 Å². The van der Waals surface area contributed by atoms with Crippen LogP contribution >= 0.6 is 0 Å². The Kier molecular flexibility index (Phi) is 4.50. The van der Waals surface area contributed by atoms with Crippen LogP contribution in [0.25, 0.3) is 27.9 Å². The Morgan fingerprint density at radius 3 is 2.50 bits per heavy atom. The van der Waals surface area contributed by atoms with Crippen molar-refractivity contribution in [2.75, 3.05) is 18.4 Å². The number of hydrogen-bond acceptors (Lipinski definition) is 5. The standard InChI is InChI=1S/C20H22N6/c1-14(2)21-12-13-22-20-23-17-11-7-6-10-16(17)19-25-24-18(26(19)20)15-8-4-3-5-9-15/h3-11,14,21H,12-13H2,1-2H3,(H,22,23). The normalized spacial score (nSPS) is 11.5. The highest BCUT2D eigenvalue weighted by atomic mass is 15.3. The van der Waals surface area contributed by atoms with Crippen LogP contribution in [0.4, 0.5) is 5.95 Å². The molecular weight excluding hydrogens is 324 g/mol. The van der Waals surface area contributed by atoms with E-state index < -0.39 is 0 Å². The van der Waals surface area contributed by atoms with Gasteiger partial charge in [-0.3, -0.25) is 0 Å². The Balaban J connectivity index is 1.82. The van der Waals surface area contributed by atoms with E-state index in [1.54, 1.807) is 0 Å². The van der Waals surface area contributed by atoms with E-state index in [1.807, 2.05) is 59.0 Å². The summed E-state index contributed by atoms with van der Waals surface area (Å²) in [6.45, 7) is 5.90. The molecule has 4 rings (SSSR count). The minimum atomic E-state index is 0.455. The van der Waals surface area contributed by atoms with Crippen LogP contribution in [0.1, 0.15) is 13.8 Å². The molecule has 132 valence electrons. The second-order valence-electron chi connectivity index (χ2n) is 6.54. The lowest BCUT2D eigenvalue weighted by atomic mass is 10.2. The summed E-state index contributed by atoms with van der Waals surface area (Å²) < 4.78 is 2.01. The fraction of sp³-hybridized carbons (Fsp3) is 0.250. The maximum Gasteiger partial charge on any atom is 0.211 e. The Morgan fingerprint density at radius 2 is 1.69 bits per heavy atom. The lowest BCUT2D eigenvalue weighted by Crippen LogP contribution is -2.28. The molecule has 0 amide bonds. The molecule has 6 nitrogen and oxygen atoms in total. The molecule has 0 aliphatic carbocycles. The molecule has 2 heterocycles. The van der Waals surface area contributed by atoms with Crippen LogP contribution in [0.3, 0.4) is 0 Å². The highest BCUT2D eigenvalue weighted by molar-refractivity contribution is 5.93. The van der Waals surface area contributed by atoms with Gasteiger partial charge >= 0.3 is 0 Å². The Morgan fingerprint density at radius 1 is 0.923 bits per heavy atom. The van der Waals surface area contributed by atoms with Crippen molar-refractivity contribution in [3.8, 4) is 11.4 Å². The van der Waals surface area contributed by atoms with Gasteiger partial charge in [-0.15, -0.1) is 10.2 Å². The summed E-state index contributed by atoms with van der Waals surface area (Å²) in [7, 11) is 0. The lowest BCUT2D eigenvalue weighted by molar-refractivity contribution is 0.601. The molecule has 0 fully saturated rings. The maximum absolute atomic E-state index is 4.82. The van der Waals surface area contributed by atoms with E-state index in [0.29, 0.717) is 6.04 Å². The number of aromatic nitrogens is 4. The number of anilines is 1. The second kappa shape index (κ2) is 7.09. The molecule has 0 spiro atoms. The molecular formula is C20H22N6. The molecule has 2 aromatic heterocycles. The largest absolute Gasteiger partial charge is 0.354 e. The third kappa shape index (κ3) is 3.11. The molecule has 0 atom stereocenters. The van der Waals surface area contributed by atoms with Crippen molar-refractivity contribution in [2.24, 2.45) is 0 Å². The molecule has 2 N–H and O–H groups in total. The summed E-state index contributed by atoms with van der Waals surface area (Å²) in [6.07, 6.45) is 0. The summed E-state index contributed by atoms with van der Waals surface area (Å²) in [4.78, 5) is 4.82. The van der Waals surface area contributed by atoms with Crippen molar-refractivity contribution in [3.63, 3.8) is 0 Å². The summed E-state index contributed by atoms with van der Waals surface area (Å²) >= 11 is 0. The first-order valence-electron chi connectivity index (χ1n) is 8.90. The van der Waals surface area contributed by atoms with E-state index in [9.17, 15) is 0 Å². The van der Waals surface area contributed by atoms with Crippen LogP contribution in [-0.2, 0) is 0 Å². The molecule has 0 unspecified atom stereocenters. The molecule has 0 aliphatic heterocycles. The fourth-order valence-electron chi connectivity index (χ4n) is 3.01. The molecule has 4 aromatic rings. The summed E-state index contributed by atoms with van der Waals surface area (Å²) in [5, 5.41) is 16.8. The van der Waals surface area contributed by atoms with E-state index in [2.05, 4.69) is 34.7 Å². The van der Waals surface area contributed by atoms with Crippen molar-refractivity contribution in [2.45, 2.75) is 19.9 Å². The zero-order valence-electron chi connectivity index (χ0n) is 15.0. The van der Waals surface area contributed by atoms with Crippen molar-refractivity contribution < 1.29 is 0 Å². The number of nitrogens with zero attached hydrogens (tertiary/aromatic N) is 4. The number of benzene rings is 2. The third-order valence-electron chi connectivity index (χ3n) is 4.24. The molecule has 6 heteroatoms. The van der Waals surface area contributed by atoms with E-state index in [0.717, 1.165) is 47.0 Å². The molecule has 0 saturated heterocycles. The summed E-state index contributed by atoms with van der Waals surface area (Å²) in [5.74, 6) is 1.55. The molecule has 26 heavy (non-hydrogen) atoms. The van der Waals surface area contributed by atoms with Crippen molar-refractivity contribution in [1.29, 1.82) is 0 Å². The highest BCUT2D eigenvalue weighted by Crippen LogP contribution is 2.26. The zero-order chi connectivity index (χ0) is 17.9. The molecule has 0 radical (unpaired) electrons. The summed E-state index contributed by atoms with van der Waals surface area (Å²) in [5.41, 5.74) is 2.74. The predicted molar refractivity (Wildman–Crippen MR) is 105 cm³/mol. The van der Waals surface area contributed by atoms with Gasteiger partial charge in [0.2, 0.25) is 5.95 Å². The first-order chi connectivity index (χ1) is 12.7. The molecule has 0 saturated carbocycles. The minimum absolute atomic E-state index is 0.455. The van der Waals surface area contributed by atoms with Gasteiger partial charge in [0.15, 0.2) is 11.5 Å². The molecule has 0 aliphatic rings. The van der Waals surface area contributed by atoms with Crippen LogP contribution < -0.4 is 10.6 Å². The van der Waals surface area contributed by atoms with Crippen molar-refractivity contribution >= 4 is 22.5 Å². The van der Waals surface area contributed by atoms with Gasteiger partial charge < -0.3 is 10.6 Å². The maximum atomic E-state index is 4.82. The Labute approximate surface area is 152 Å². The number of nitrogens with one attached hydrogen (secondary N) is 2. The number of rotatable bonds is 6. The second-order valence-corrected chi connectivity index (χ2v) is 6.54. The number of para-hydroxylation sites is 1. The van der Waals surface area contributed by atoms with E-state index in [4.69, 9.17) is 4.98 Å². The SMILES string of the molecule is CC(C)NCCNc1nc2ccccc2c2nnc(-c3ccccc3)n12. The average molecular weight is 346 g/mol. The minimum Gasteiger partial charge on any atom is -0.354 e. The lowest BCUT2D eigenvalue weighted by Gasteiger charge is -2.13. The van der Waals surface area contributed by atoms with Gasteiger partial charge in [0.05, 0.1) is 5.52 Å². The van der Waals surface area contributed by atoms with Crippen molar-refractivity contribution in [1.82, 2.24) is 24.9 Å². The van der Waals surface area contributed by atoms with Crippen LogP contribution in [0, 0.1) is 0 Å². The molecule has 0 bridgehead atoms. The number of hydrogen-bond donors (Lipinski definition) is 2. The number of fused-ring (bicyclic) bond motifs is 3. The predicted octanol–water partition coefficient (Wildman–Crippen LogP) is 3.35. The molecule has 2 aromatic carbocycles. The van der Waals surface area contributed by atoms with Crippen LogP contribution in [0.2, 0.25) is 0 Å². The van der Waals surface area contributed by atoms with E-state index >= 15 is 0 Å². The summed E-state index contributed by atoms with van der Waals surface area (Å²) in [6, 6.07) is 18.6. The van der Waals surface area contributed by atoms with Crippen LogP contribution in [0.5, 0.6) is 0 Å². The van der Waals surface area contributed by atoms with Gasteiger partial charge in [-0.25, -0.2) is 9.38 Å². The quantitative estimate of drug-likeness (QED) is 0.524. The smallest absolute Gasteiger partial charge is 0.211 e. The van der Waals surface area contributed by atoms with Crippen LogP contribution in [0.15, 0.2) is 54.6 Å². The van der Waals surface area contributed by atoms with Gasteiger partial charge in [0.25, 0.3) is 0 Å². The first kappa shape index (κ1) is 16.5. The van der Waals surface area contributed by atoms with E-state index in [-0.39, 0.29) is 0 Å². The average Bonchev–Trinajstić information content (AvgIpc) is 3.11. The van der Waals surface area contributed by atoms with Gasteiger partial charge in [-0.2, -0.15) is 0 Å². The zero-order valence-corrected chi connectivity index (χ0v) is 15.0. The fourth-order valence-corrected chi connectivity index (χ4v) is 3.01. The van der Waals surface area contributed by atoms with Gasteiger partial charge in [0, 0.05) is 30.1 Å². The van der Waals surface area contributed by atoms with Gasteiger partial charge in [-0.05, 0) is 12.1 Å². The Bertz CT molecular complexity index is 1020. The monoisotopic (exact) mass is 346 g/mol. The van der Waals surface area contributed by atoms with Crippen LogP contribution in [-0.4, -0.2) is 38.7 Å². The van der Waals surface area contributed by atoms with Gasteiger partial charge in [0.1, 0.15) is 0 Å². The highest BCUT2D eigenvalue weighted by Gasteiger charge is 2.15. The van der Waals surface area contributed by atoms with E-state index in [1.165, 1.54) is 0 Å². The first-order valence-corrected chi connectivity index (χ1v) is 8.90. The van der Waals surface area contributed by atoms with Crippen molar-refractivity contribution in [3.05, 3.63) is 54.6 Å². The van der Waals surface area contributed by atoms with Gasteiger partial charge in [-0.1, -0.05) is 56.3 Å². The third-order valence-corrected chi connectivity index (χ3v) is 4.24. The Hall–Kier alpha value is -2.99.